The third kappa shape index (κ3) is 7.86. The van der Waals surface area contributed by atoms with Gasteiger partial charge in [0.25, 0.3) is 0 Å². The average molecular weight is 659 g/mol. The van der Waals surface area contributed by atoms with Crippen LogP contribution in [0.15, 0.2) is 30.4 Å². The van der Waals surface area contributed by atoms with Crippen LogP contribution in [0.25, 0.3) is 0 Å². The molecule has 1 aromatic carbocycles. The molecule has 1 aromatic rings. The van der Waals surface area contributed by atoms with E-state index < -0.39 is 65.1 Å². The highest BCUT2D eigenvalue weighted by molar-refractivity contribution is 5.96. The number of halogens is 1. The van der Waals surface area contributed by atoms with Crippen molar-refractivity contribution in [2.24, 2.45) is 5.92 Å². The van der Waals surface area contributed by atoms with Gasteiger partial charge in [0.15, 0.2) is 0 Å². The summed E-state index contributed by atoms with van der Waals surface area (Å²) in [5.41, 5.74) is -1.05. The van der Waals surface area contributed by atoms with Crippen LogP contribution in [0, 0.1) is 11.7 Å². The van der Waals surface area contributed by atoms with Crippen LogP contribution in [0.1, 0.15) is 64.5 Å². The number of hydrogen-bond acceptors (Lipinski definition) is 9. The van der Waals surface area contributed by atoms with E-state index in [4.69, 9.17) is 18.9 Å². The topological polar surface area (TPSA) is 153 Å². The van der Waals surface area contributed by atoms with E-state index in [1.807, 2.05) is 12.2 Å². The van der Waals surface area contributed by atoms with Crippen LogP contribution in [0.5, 0.6) is 0 Å². The molecule has 3 heterocycles. The summed E-state index contributed by atoms with van der Waals surface area (Å²) >= 11 is 0. The highest BCUT2D eigenvalue weighted by atomic mass is 19.1. The number of amides is 4. The summed E-state index contributed by atoms with van der Waals surface area (Å²) in [4.78, 5) is 69.7. The second kappa shape index (κ2) is 13.9. The fraction of sp³-hybridized carbons (Fsp3) is 0.606. The van der Waals surface area contributed by atoms with Crippen LogP contribution in [-0.2, 0) is 46.4 Å². The van der Waals surface area contributed by atoms with E-state index in [1.165, 1.54) is 15.9 Å². The summed E-state index contributed by atoms with van der Waals surface area (Å²) in [7, 11) is 0. The number of rotatable bonds is 4. The predicted octanol–water partition coefficient (Wildman–Crippen LogP) is 2.95. The Labute approximate surface area is 273 Å². The molecule has 4 amide bonds. The quantitative estimate of drug-likeness (QED) is 0.283. The third-order valence-electron chi connectivity index (χ3n) is 8.60. The number of benzene rings is 1. The molecule has 0 radical (unpaired) electrons. The Hall–Kier alpha value is -4.20. The Bertz CT molecular complexity index is 1430. The lowest BCUT2D eigenvalue weighted by Crippen LogP contribution is -2.57. The molecular weight excluding hydrogens is 615 g/mol. The van der Waals surface area contributed by atoms with Gasteiger partial charge in [0.1, 0.15) is 35.1 Å². The number of alkyl carbamates (subject to hydrolysis) is 1. The second-order valence-electron chi connectivity index (χ2n) is 13.3. The lowest BCUT2D eigenvalue weighted by molar-refractivity contribution is -0.150. The zero-order valence-electron chi connectivity index (χ0n) is 27.2. The molecule has 13 nitrogen and oxygen atoms in total. The number of nitrogens with zero attached hydrogens (tertiary/aromatic N) is 2. The molecule has 1 aliphatic carbocycles. The molecule has 0 spiro atoms. The summed E-state index contributed by atoms with van der Waals surface area (Å²) in [6, 6.07) is 2.26. The molecule has 14 heteroatoms. The van der Waals surface area contributed by atoms with E-state index in [0.717, 1.165) is 0 Å². The predicted molar refractivity (Wildman–Crippen MR) is 164 cm³/mol. The van der Waals surface area contributed by atoms with Crippen LogP contribution in [-0.4, -0.2) is 95.5 Å². The molecule has 47 heavy (non-hydrogen) atoms. The van der Waals surface area contributed by atoms with Crippen molar-refractivity contribution >= 4 is 30.0 Å². The van der Waals surface area contributed by atoms with Crippen molar-refractivity contribution in [2.75, 3.05) is 26.4 Å². The zero-order valence-corrected chi connectivity index (χ0v) is 27.2. The first-order chi connectivity index (χ1) is 22.3. The number of carbonyl (C=O) groups is 5. The highest BCUT2D eigenvalue weighted by Gasteiger charge is 2.62. The van der Waals surface area contributed by atoms with Gasteiger partial charge in [-0.1, -0.05) is 24.3 Å². The first kappa shape index (κ1) is 34.1. The Morgan fingerprint density at radius 3 is 2.70 bits per heavy atom. The summed E-state index contributed by atoms with van der Waals surface area (Å²) < 4.78 is 36.6. The van der Waals surface area contributed by atoms with Gasteiger partial charge in [-0.05, 0) is 58.6 Å². The number of allylic oxidation sites excluding steroid dienone is 1. The van der Waals surface area contributed by atoms with Crippen molar-refractivity contribution in [2.45, 2.75) is 95.8 Å². The van der Waals surface area contributed by atoms with Gasteiger partial charge in [0.05, 0.1) is 26.3 Å². The van der Waals surface area contributed by atoms with Crippen LogP contribution in [0.3, 0.4) is 0 Å². The van der Waals surface area contributed by atoms with Crippen molar-refractivity contribution in [1.29, 1.82) is 0 Å². The van der Waals surface area contributed by atoms with E-state index in [-0.39, 0.29) is 51.8 Å². The average Bonchev–Trinajstić information content (AvgIpc) is 3.31. The van der Waals surface area contributed by atoms with E-state index in [9.17, 15) is 28.4 Å². The molecule has 5 atom stereocenters. The first-order valence-electron chi connectivity index (χ1n) is 16.1. The minimum Gasteiger partial charge on any atom is -0.464 e. The van der Waals surface area contributed by atoms with Crippen LogP contribution in [0.4, 0.5) is 14.0 Å². The van der Waals surface area contributed by atoms with Crippen LogP contribution < -0.4 is 10.6 Å². The summed E-state index contributed by atoms with van der Waals surface area (Å²) in [6.45, 7) is 6.97. The van der Waals surface area contributed by atoms with E-state index in [0.29, 0.717) is 30.4 Å². The minimum absolute atomic E-state index is 0.0241. The molecule has 256 valence electrons. The summed E-state index contributed by atoms with van der Waals surface area (Å²) in [6.07, 6.45) is 2.84. The zero-order chi connectivity index (χ0) is 33.9. The number of hydrogen-bond donors (Lipinski definition) is 2. The van der Waals surface area contributed by atoms with Gasteiger partial charge in [-0.15, -0.1) is 0 Å². The Kier molecular flexibility index (Phi) is 10.1. The number of ether oxygens (including phenoxy) is 4. The third-order valence-corrected chi connectivity index (χ3v) is 8.60. The number of nitrogens with one attached hydrogen (secondary N) is 2. The largest absolute Gasteiger partial charge is 0.464 e. The minimum atomic E-state index is -1.29. The maximum Gasteiger partial charge on any atom is 0.410 e. The van der Waals surface area contributed by atoms with Crippen LogP contribution >= 0.6 is 0 Å². The summed E-state index contributed by atoms with van der Waals surface area (Å²) in [5.74, 6) is -2.55. The molecule has 2 fully saturated rings. The maximum absolute atomic E-state index is 14.3. The number of carbonyl (C=O) groups excluding carboxylic acids is 5. The van der Waals surface area contributed by atoms with Gasteiger partial charge >= 0.3 is 18.2 Å². The monoisotopic (exact) mass is 658 g/mol. The van der Waals surface area contributed by atoms with Gasteiger partial charge in [-0.2, -0.15) is 0 Å². The van der Waals surface area contributed by atoms with Crippen molar-refractivity contribution in [3.8, 4) is 0 Å². The van der Waals surface area contributed by atoms with Gasteiger partial charge in [-0.3, -0.25) is 14.5 Å². The highest BCUT2D eigenvalue weighted by Crippen LogP contribution is 2.46. The van der Waals surface area contributed by atoms with E-state index >= 15 is 0 Å². The van der Waals surface area contributed by atoms with Gasteiger partial charge < -0.3 is 34.5 Å². The normalized spacial score (nSPS) is 27.8. The molecule has 4 aliphatic rings. The molecule has 2 N–H and O–H groups in total. The Morgan fingerprint density at radius 1 is 1.19 bits per heavy atom. The van der Waals surface area contributed by atoms with Gasteiger partial charge in [0, 0.05) is 31.1 Å². The maximum atomic E-state index is 14.3. The van der Waals surface area contributed by atoms with Gasteiger partial charge in [-0.25, -0.2) is 18.8 Å². The molecule has 1 saturated heterocycles. The first-order valence-corrected chi connectivity index (χ1v) is 16.1. The van der Waals surface area contributed by atoms with Crippen molar-refractivity contribution < 1.29 is 47.3 Å². The standard InChI is InChI=1S/C33H43FN4O9/c1-5-45-29(41)33-15-21(33)11-7-6-8-13-44-19-25(35-30(42)47-32(2,3)4)28(40)38-17-22(14-26(38)27(39)36-33)46-31(43)37-16-20-10-9-12-24(34)23(20)18-37/h7,9-12,21-22,25-26H,5-6,8,13-19H2,1-4H3,(H,35,42)(H,36,39)/t21-,22-,25+,26+,33-/m1/s1. The molecule has 5 rings (SSSR count). The fourth-order valence-corrected chi connectivity index (χ4v) is 6.20. The molecule has 3 aliphatic heterocycles. The lowest BCUT2D eigenvalue weighted by Gasteiger charge is -2.30. The number of esters is 1. The summed E-state index contributed by atoms with van der Waals surface area (Å²) in [5, 5.41) is 5.42. The van der Waals surface area contributed by atoms with Crippen molar-refractivity contribution in [3.63, 3.8) is 0 Å². The van der Waals surface area contributed by atoms with Crippen LogP contribution in [0.2, 0.25) is 0 Å². The molecule has 1 saturated carbocycles. The molecular formula is C33H43FN4O9. The fourth-order valence-electron chi connectivity index (χ4n) is 6.20. The van der Waals surface area contributed by atoms with Crippen molar-refractivity contribution in [1.82, 2.24) is 20.4 Å². The Morgan fingerprint density at radius 2 is 1.98 bits per heavy atom. The second-order valence-corrected chi connectivity index (χ2v) is 13.3. The molecule has 0 unspecified atom stereocenters. The Balaban J connectivity index is 1.38. The molecule has 0 aromatic heterocycles. The van der Waals surface area contributed by atoms with Crippen molar-refractivity contribution in [3.05, 3.63) is 47.3 Å². The van der Waals surface area contributed by atoms with Gasteiger partial charge in [0.2, 0.25) is 11.8 Å². The smallest absolute Gasteiger partial charge is 0.410 e. The molecule has 0 bridgehead atoms. The van der Waals surface area contributed by atoms with E-state index in [2.05, 4.69) is 10.6 Å². The lowest BCUT2D eigenvalue weighted by atomic mass is 10.1. The number of fused-ring (bicyclic) bond motifs is 3. The van der Waals surface area contributed by atoms with E-state index in [1.54, 1.807) is 39.8 Å². The SMILES string of the molecule is CCOC(=O)[C@@]12C[C@H]1C=CCCCOC[C@H](NC(=O)OC(C)(C)C)C(=O)N1C[C@H](OC(=O)N3Cc4cccc(F)c4C3)C[C@H]1C(=O)N2.